The first kappa shape index (κ1) is 23.5. The molecule has 0 atom stereocenters. The molecule has 3 rings (SSSR count). The summed E-state index contributed by atoms with van der Waals surface area (Å²) in [5, 5.41) is 16.7. The van der Waals surface area contributed by atoms with Crippen molar-refractivity contribution in [1.29, 1.82) is 0 Å². The van der Waals surface area contributed by atoms with Crippen LogP contribution < -0.4 is 10.6 Å². The Morgan fingerprint density at radius 3 is 2.42 bits per heavy atom. The Kier molecular flexibility index (Phi) is 7.40. The van der Waals surface area contributed by atoms with Crippen LogP contribution in [0.25, 0.3) is 17.4 Å². The van der Waals surface area contributed by atoms with E-state index in [9.17, 15) is 19.7 Å². The van der Waals surface area contributed by atoms with Gasteiger partial charge >= 0.3 is 0 Å². The minimum Gasteiger partial charge on any atom is -0.456 e. The Morgan fingerprint density at radius 1 is 1.06 bits per heavy atom. The Hall–Kier alpha value is -4.20. The molecule has 1 heterocycles. The van der Waals surface area contributed by atoms with Crippen molar-refractivity contribution < 1.29 is 18.9 Å². The highest BCUT2D eigenvalue weighted by atomic mass is 16.6. The van der Waals surface area contributed by atoms with Crippen LogP contribution in [-0.2, 0) is 4.79 Å². The first-order chi connectivity index (χ1) is 15.7. The van der Waals surface area contributed by atoms with Gasteiger partial charge in [-0.05, 0) is 43.2 Å². The van der Waals surface area contributed by atoms with Gasteiger partial charge in [0.1, 0.15) is 17.2 Å². The maximum atomic E-state index is 12.8. The second kappa shape index (κ2) is 10.4. The number of nitrogens with zero attached hydrogens (tertiary/aromatic N) is 1. The fourth-order valence-corrected chi connectivity index (χ4v) is 3.01. The zero-order chi connectivity index (χ0) is 24.0. The minimum atomic E-state index is -0.486. The summed E-state index contributed by atoms with van der Waals surface area (Å²) in [5.74, 6) is -0.140. The van der Waals surface area contributed by atoms with E-state index in [0.29, 0.717) is 17.7 Å². The summed E-state index contributed by atoms with van der Waals surface area (Å²) in [4.78, 5) is 36.3. The normalized spacial score (nSPS) is 11.3. The fourth-order valence-electron chi connectivity index (χ4n) is 3.01. The first-order valence-electron chi connectivity index (χ1n) is 10.5. The van der Waals surface area contributed by atoms with Crippen molar-refractivity contribution in [3.63, 3.8) is 0 Å². The number of nitrogens with one attached hydrogen (secondary N) is 2. The van der Waals surface area contributed by atoms with Crippen molar-refractivity contribution in [1.82, 2.24) is 10.6 Å². The summed E-state index contributed by atoms with van der Waals surface area (Å²) in [6, 6.07) is 16.3. The highest BCUT2D eigenvalue weighted by molar-refractivity contribution is 6.05. The molecule has 0 saturated carbocycles. The number of nitro groups is 1. The predicted octanol–water partition coefficient (Wildman–Crippen LogP) is 4.71. The SMILES string of the molecule is Cc1ccc(C(=O)NC(=Cc2ccc(-c3ccccc3[N+](=O)[O-])o2)C(=O)NCC(C)C)cc1. The molecule has 0 fully saturated rings. The molecule has 2 N–H and O–H groups in total. The topological polar surface area (TPSA) is 114 Å². The van der Waals surface area contributed by atoms with Crippen LogP contribution in [0.5, 0.6) is 0 Å². The lowest BCUT2D eigenvalue weighted by Gasteiger charge is -2.12. The van der Waals surface area contributed by atoms with Gasteiger partial charge in [-0.2, -0.15) is 0 Å². The number of para-hydroxylation sites is 1. The van der Waals surface area contributed by atoms with Crippen LogP contribution >= 0.6 is 0 Å². The number of amides is 2. The minimum absolute atomic E-state index is 0.00434. The molecule has 2 aromatic carbocycles. The number of rotatable bonds is 8. The van der Waals surface area contributed by atoms with E-state index in [-0.39, 0.29) is 28.8 Å². The lowest BCUT2D eigenvalue weighted by atomic mass is 10.1. The molecule has 0 unspecified atom stereocenters. The van der Waals surface area contributed by atoms with E-state index in [4.69, 9.17) is 4.42 Å². The molecule has 3 aromatic rings. The second-order valence-corrected chi connectivity index (χ2v) is 7.96. The van der Waals surface area contributed by atoms with Crippen molar-refractivity contribution in [2.75, 3.05) is 6.54 Å². The summed E-state index contributed by atoms with van der Waals surface area (Å²) in [6.45, 7) is 6.26. The van der Waals surface area contributed by atoms with Gasteiger partial charge in [-0.3, -0.25) is 19.7 Å². The lowest BCUT2D eigenvalue weighted by Crippen LogP contribution is -2.36. The molecule has 0 aliphatic rings. The molecule has 170 valence electrons. The Bertz CT molecular complexity index is 1190. The zero-order valence-corrected chi connectivity index (χ0v) is 18.6. The first-order valence-corrected chi connectivity index (χ1v) is 10.5. The molecule has 1 aromatic heterocycles. The van der Waals surface area contributed by atoms with Crippen LogP contribution in [0.15, 0.2) is 70.8 Å². The van der Waals surface area contributed by atoms with Gasteiger partial charge in [0.15, 0.2) is 0 Å². The van der Waals surface area contributed by atoms with E-state index in [1.807, 2.05) is 32.9 Å². The zero-order valence-electron chi connectivity index (χ0n) is 18.6. The molecule has 0 saturated heterocycles. The van der Waals surface area contributed by atoms with Crippen LogP contribution in [-0.4, -0.2) is 23.3 Å². The van der Waals surface area contributed by atoms with Gasteiger partial charge in [0.2, 0.25) is 0 Å². The Labute approximate surface area is 191 Å². The number of hydrogen-bond acceptors (Lipinski definition) is 5. The van der Waals surface area contributed by atoms with Gasteiger partial charge < -0.3 is 15.1 Å². The Morgan fingerprint density at radius 2 is 1.76 bits per heavy atom. The molecule has 0 aliphatic heterocycles. The largest absolute Gasteiger partial charge is 0.456 e. The third-order valence-corrected chi connectivity index (χ3v) is 4.76. The number of aryl methyl sites for hydroxylation is 1. The third-order valence-electron chi connectivity index (χ3n) is 4.76. The highest BCUT2D eigenvalue weighted by Gasteiger charge is 2.19. The van der Waals surface area contributed by atoms with E-state index in [1.54, 1.807) is 42.5 Å². The lowest BCUT2D eigenvalue weighted by molar-refractivity contribution is -0.384. The molecule has 8 heteroatoms. The maximum Gasteiger partial charge on any atom is 0.280 e. The van der Waals surface area contributed by atoms with Gasteiger partial charge in [-0.1, -0.05) is 43.7 Å². The van der Waals surface area contributed by atoms with Gasteiger partial charge in [-0.15, -0.1) is 0 Å². The number of hydrogen-bond donors (Lipinski definition) is 2. The molecular formula is C25H25N3O5. The molecule has 33 heavy (non-hydrogen) atoms. The predicted molar refractivity (Wildman–Crippen MR) is 125 cm³/mol. The van der Waals surface area contributed by atoms with Gasteiger partial charge in [0, 0.05) is 24.3 Å². The molecule has 8 nitrogen and oxygen atoms in total. The van der Waals surface area contributed by atoms with Crippen LogP contribution in [0.4, 0.5) is 5.69 Å². The van der Waals surface area contributed by atoms with Crippen LogP contribution in [0.1, 0.15) is 35.5 Å². The van der Waals surface area contributed by atoms with Crippen molar-refractivity contribution in [3.8, 4) is 11.3 Å². The monoisotopic (exact) mass is 447 g/mol. The van der Waals surface area contributed by atoms with Gasteiger partial charge in [0.05, 0.1) is 10.5 Å². The van der Waals surface area contributed by atoms with E-state index in [1.165, 1.54) is 12.1 Å². The van der Waals surface area contributed by atoms with E-state index >= 15 is 0 Å². The van der Waals surface area contributed by atoms with E-state index in [2.05, 4.69) is 10.6 Å². The third kappa shape index (κ3) is 6.16. The number of carbonyl (C=O) groups is 2. The van der Waals surface area contributed by atoms with Crippen LogP contribution in [0, 0.1) is 23.0 Å². The van der Waals surface area contributed by atoms with Crippen LogP contribution in [0.2, 0.25) is 0 Å². The van der Waals surface area contributed by atoms with Gasteiger partial charge in [-0.25, -0.2) is 0 Å². The summed E-state index contributed by atoms with van der Waals surface area (Å²) in [6.07, 6.45) is 1.40. The molecular weight excluding hydrogens is 422 g/mol. The van der Waals surface area contributed by atoms with Gasteiger partial charge in [0.25, 0.3) is 17.5 Å². The van der Waals surface area contributed by atoms with E-state index in [0.717, 1.165) is 5.56 Å². The number of carbonyl (C=O) groups excluding carboxylic acids is 2. The summed E-state index contributed by atoms with van der Waals surface area (Å²) < 4.78 is 5.76. The number of nitro benzene ring substituents is 1. The second-order valence-electron chi connectivity index (χ2n) is 7.96. The average Bonchev–Trinajstić information content (AvgIpc) is 3.25. The molecule has 0 bridgehead atoms. The molecule has 0 radical (unpaired) electrons. The number of furan rings is 1. The Balaban J connectivity index is 1.91. The van der Waals surface area contributed by atoms with Crippen molar-refractivity contribution >= 4 is 23.6 Å². The van der Waals surface area contributed by atoms with Crippen molar-refractivity contribution in [3.05, 3.63) is 93.4 Å². The highest BCUT2D eigenvalue weighted by Crippen LogP contribution is 2.31. The summed E-state index contributed by atoms with van der Waals surface area (Å²) >= 11 is 0. The summed E-state index contributed by atoms with van der Waals surface area (Å²) in [7, 11) is 0. The van der Waals surface area contributed by atoms with Crippen molar-refractivity contribution in [2.45, 2.75) is 20.8 Å². The quantitative estimate of drug-likeness (QED) is 0.295. The fraction of sp³-hybridized carbons (Fsp3) is 0.200. The summed E-state index contributed by atoms with van der Waals surface area (Å²) in [5.41, 5.74) is 1.64. The smallest absolute Gasteiger partial charge is 0.280 e. The number of benzene rings is 2. The molecule has 2 amide bonds. The standard InChI is InChI=1S/C25H25N3O5/c1-16(2)15-26-25(30)21(27-24(29)18-10-8-17(3)9-11-18)14-19-12-13-23(33-19)20-6-4-5-7-22(20)28(31)32/h4-14,16H,15H2,1-3H3,(H,26,30)(H,27,29). The molecule has 0 spiro atoms. The molecule has 0 aliphatic carbocycles. The van der Waals surface area contributed by atoms with Crippen LogP contribution in [0.3, 0.4) is 0 Å². The van der Waals surface area contributed by atoms with Crippen molar-refractivity contribution in [2.24, 2.45) is 5.92 Å². The van der Waals surface area contributed by atoms with E-state index < -0.39 is 16.7 Å². The maximum absolute atomic E-state index is 12.8. The average molecular weight is 447 g/mol.